The van der Waals surface area contributed by atoms with E-state index in [1.54, 1.807) is 0 Å². The number of carbonyl (C=O) groups excluding carboxylic acids is 1. The molecule has 0 saturated carbocycles. The highest BCUT2D eigenvalue weighted by molar-refractivity contribution is 5.92. The molecular weight excluding hydrogens is 310 g/mol. The molecule has 0 radical (unpaired) electrons. The maximum Gasteiger partial charge on any atom is 0.228 e. The number of nitrogens with zero attached hydrogens (tertiary/aromatic N) is 2. The lowest BCUT2D eigenvalue weighted by molar-refractivity contribution is -0.115. The van der Waals surface area contributed by atoms with Crippen molar-refractivity contribution in [2.75, 3.05) is 5.32 Å². The molecule has 0 fully saturated rings. The van der Waals surface area contributed by atoms with Crippen molar-refractivity contribution in [1.29, 1.82) is 0 Å². The van der Waals surface area contributed by atoms with E-state index in [0.29, 0.717) is 6.42 Å². The summed E-state index contributed by atoms with van der Waals surface area (Å²) in [6.45, 7) is 2.01. The maximum absolute atomic E-state index is 12.2. The summed E-state index contributed by atoms with van der Waals surface area (Å²) in [5, 5.41) is 11.3. The summed E-state index contributed by atoms with van der Waals surface area (Å²) >= 11 is 0. The Morgan fingerprint density at radius 1 is 0.800 bits per heavy atom. The van der Waals surface area contributed by atoms with E-state index in [1.165, 1.54) is 0 Å². The normalized spacial score (nSPS) is 10.8. The highest BCUT2D eigenvalue weighted by atomic mass is 16.1. The molecule has 3 aromatic carbocycles. The van der Waals surface area contributed by atoms with Crippen LogP contribution in [0.3, 0.4) is 0 Å². The van der Waals surface area contributed by atoms with Crippen LogP contribution < -0.4 is 5.32 Å². The van der Waals surface area contributed by atoms with Crippen LogP contribution in [-0.4, -0.2) is 5.91 Å². The fourth-order valence-electron chi connectivity index (χ4n) is 2.41. The van der Waals surface area contributed by atoms with E-state index in [-0.39, 0.29) is 5.91 Å². The quantitative estimate of drug-likeness (QED) is 0.609. The van der Waals surface area contributed by atoms with Gasteiger partial charge < -0.3 is 5.32 Å². The molecule has 25 heavy (non-hydrogen) atoms. The molecule has 0 aromatic heterocycles. The zero-order valence-electron chi connectivity index (χ0n) is 14.0. The Kier molecular flexibility index (Phi) is 5.32. The molecule has 4 nitrogen and oxygen atoms in total. The van der Waals surface area contributed by atoms with Gasteiger partial charge in [-0.1, -0.05) is 42.5 Å². The van der Waals surface area contributed by atoms with Gasteiger partial charge in [0.25, 0.3) is 0 Å². The summed E-state index contributed by atoms with van der Waals surface area (Å²) in [5.74, 6) is -0.0343. The zero-order valence-corrected chi connectivity index (χ0v) is 14.0. The van der Waals surface area contributed by atoms with Crippen LogP contribution in [0.25, 0.3) is 0 Å². The average molecular weight is 329 g/mol. The first-order chi connectivity index (χ1) is 12.2. The third-order valence-corrected chi connectivity index (χ3v) is 3.80. The van der Waals surface area contributed by atoms with Gasteiger partial charge in [0.15, 0.2) is 0 Å². The van der Waals surface area contributed by atoms with E-state index in [4.69, 9.17) is 0 Å². The number of carbonyl (C=O) groups is 1. The van der Waals surface area contributed by atoms with Gasteiger partial charge in [-0.15, -0.1) is 0 Å². The second-order valence-corrected chi connectivity index (χ2v) is 5.73. The van der Waals surface area contributed by atoms with Crippen LogP contribution in [-0.2, 0) is 11.2 Å². The molecule has 0 spiro atoms. The smallest absolute Gasteiger partial charge is 0.228 e. The lowest BCUT2D eigenvalue weighted by Gasteiger charge is -2.07. The van der Waals surface area contributed by atoms with Crippen LogP contribution in [0.5, 0.6) is 0 Å². The molecule has 3 rings (SSSR count). The highest BCUT2D eigenvalue weighted by Gasteiger charge is 2.06. The van der Waals surface area contributed by atoms with E-state index in [0.717, 1.165) is 28.2 Å². The van der Waals surface area contributed by atoms with E-state index < -0.39 is 0 Å². The number of hydrogen-bond acceptors (Lipinski definition) is 3. The van der Waals surface area contributed by atoms with Crippen molar-refractivity contribution in [2.24, 2.45) is 10.2 Å². The molecule has 1 N–H and O–H groups in total. The van der Waals surface area contributed by atoms with Gasteiger partial charge in [-0.3, -0.25) is 4.79 Å². The fourth-order valence-corrected chi connectivity index (χ4v) is 2.41. The lowest BCUT2D eigenvalue weighted by atomic mass is 10.1. The van der Waals surface area contributed by atoms with Crippen LogP contribution in [0.15, 0.2) is 89.1 Å². The van der Waals surface area contributed by atoms with Gasteiger partial charge in [0, 0.05) is 5.69 Å². The van der Waals surface area contributed by atoms with Gasteiger partial charge in [0.05, 0.1) is 17.8 Å². The highest BCUT2D eigenvalue weighted by Crippen LogP contribution is 2.20. The number of benzene rings is 3. The van der Waals surface area contributed by atoms with Crippen LogP contribution in [0.4, 0.5) is 17.1 Å². The Bertz CT molecular complexity index is 871. The van der Waals surface area contributed by atoms with Crippen molar-refractivity contribution in [1.82, 2.24) is 0 Å². The molecule has 0 aliphatic carbocycles. The Labute approximate surface area is 147 Å². The van der Waals surface area contributed by atoms with Gasteiger partial charge in [0.2, 0.25) is 5.91 Å². The average Bonchev–Trinajstić information content (AvgIpc) is 2.64. The summed E-state index contributed by atoms with van der Waals surface area (Å²) in [7, 11) is 0. The minimum Gasteiger partial charge on any atom is -0.326 e. The number of rotatable bonds is 5. The van der Waals surface area contributed by atoms with Gasteiger partial charge in [-0.05, 0) is 54.4 Å². The summed E-state index contributed by atoms with van der Waals surface area (Å²) in [5.41, 5.74) is 4.44. The second-order valence-electron chi connectivity index (χ2n) is 5.73. The summed E-state index contributed by atoms with van der Waals surface area (Å²) in [6, 6.07) is 24.8. The van der Waals surface area contributed by atoms with Gasteiger partial charge in [-0.2, -0.15) is 10.2 Å². The number of hydrogen-bond donors (Lipinski definition) is 1. The molecule has 0 heterocycles. The summed E-state index contributed by atoms with van der Waals surface area (Å²) < 4.78 is 0. The Morgan fingerprint density at radius 2 is 1.40 bits per heavy atom. The molecule has 124 valence electrons. The van der Waals surface area contributed by atoms with Crippen molar-refractivity contribution in [3.05, 3.63) is 90.0 Å². The molecule has 0 unspecified atom stereocenters. The first kappa shape index (κ1) is 16.6. The molecule has 0 aliphatic heterocycles. The molecule has 4 heteroatoms. The fraction of sp³-hybridized carbons (Fsp3) is 0.0952. The van der Waals surface area contributed by atoms with Crippen LogP contribution in [0.1, 0.15) is 11.1 Å². The van der Waals surface area contributed by atoms with Gasteiger partial charge >= 0.3 is 0 Å². The van der Waals surface area contributed by atoms with Crippen molar-refractivity contribution in [2.45, 2.75) is 13.3 Å². The molecular formula is C21H19N3O. The summed E-state index contributed by atoms with van der Waals surface area (Å²) in [6.07, 6.45) is 0.363. The van der Waals surface area contributed by atoms with Crippen molar-refractivity contribution in [3.8, 4) is 0 Å². The predicted molar refractivity (Wildman–Crippen MR) is 101 cm³/mol. The maximum atomic E-state index is 12.2. The molecule has 0 bridgehead atoms. The molecule has 3 aromatic rings. The van der Waals surface area contributed by atoms with Gasteiger partial charge in [0.1, 0.15) is 0 Å². The minimum atomic E-state index is -0.0343. The third kappa shape index (κ3) is 4.85. The number of nitrogens with one attached hydrogen (secondary N) is 1. The number of amides is 1. The minimum absolute atomic E-state index is 0.0343. The molecule has 0 aliphatic rings. The monoisotopic (exact) mass is 329 g/mol. The number of aryl methyl sites for hydroxylation is 1. The molecule has 1 amide bonds. The lowest BCUT2D eigenvalue weighted by Crippen LogP contribution is -2.14. The van der Waals surface area contributed by atoms with Crippen LogP contribution in [0, 0.1) is 6.92 Å². The Balaban J connectivity index is 1.60. The standard InChI is InChI=1S/C21H19N3O/c1-16-7-5-6-8-17(16)15-21(25)22-18-11-13-20(14-12-18)24-23-19-9-3-2-4-10-19/h2-14H,15H2,1H3,(H,22,25). The largest absolute Gasteiger partial charge is 0.326 e. The molecule has 0 saturated heterocycles. The van der Waals surface area contributed by atoms with Crippen molar-refractivity contribution >= 4 is 23.0 Å². The van der Waals surface area contributed by atoms with Crippen molar-refractivity contribution < 1.29 is 4.79 Å². The van der Waals surface area contributed by atoms with Gasteiger partial charge in [-0.25, -0.2) is 0 Å². The first-order valence-corrected chi connectivity index (χ1v) is 8.12. The van der Waals surface area contributed by atoms with E-state index in [9.17, 15) is 4.79 Å². The SMILES string of the molecule is Cc1ccccc1CC(=O)Nc1ccc(N=Nc2ccccc2)cc1. The Morgan fingerprint density at radius 3 is 2.08 bits per heavy atom. The molecule has 0 atom stereocenters. The second kappa shape index (κ2) is 8.02. The summed E-state index contributed by atoms with van der Waals surface area (Å²) in [4.78, 5) is 12.2. The predicted octanol–water partition coefficient (Wildman–Crippen LogP) is 5.59. The third-order valence-electron chi connectivity index (χ3n) is 3.80. The zero-order chi connectivity index (χ0) is 17.5. The van der Waals surface area contributed by atoms with E-state index in [2.05, 4.69) is 15.5 Å². The number of anilines is 1. The van der Waals surface area contributed by atoms with Crippen molar-refractivity contribution in [3.63, 3.8) is 0 Å². The van der Waals surface area contributed by atoms with Crippen LogP contribution >= 0.6 is 0 Å². The topological polar surface area (TPSA) is 53.8 Å². The Hall–Kier alpha value is -3.27. The van der Waals surface area contributed by atoms with E-state index in [1.807, 2.05) is 85.8 Å². The number of azo groups is 1. The first-order valence-electron chi connectivity index (χ1n) is 8.12. The van der Waals surface area contributed by atoms with E-state index >= 15 is 0 Å². The van der Waals surface area contributed by atoms with Crippen LogP contribution in [0.2, 0.25) is 0 Å².